The van der Waals surface area contributed by atoms with Gasteiger partial charge in [-0.25, -0.2) is 0 Å². The second-order valence-corrected chi connectivity index (χ2v) is 5.73. The number of allylic oxidation sites excluding steroid dienone is 2. The Labute approximate surface area is 104 Å². The molecule has 0 fully saturated rings. The van der Waals surface area contributed by atoms with Crippen LogP contribution in [0.4, 0.5) is 0 Å². The van der Waals surface area contributed by atoms with Gasteiger partial charge in [0.15, 0.2) is 5.78 Å². The van der Waals surface area contributed by atoms with E-state index in [4.69, 9.17) is 0 Å². The van der Waals surface area contributed by atoms with Crippen LogP contribution in [-0.2, 0) is 4.79 Å². The van der Waals surface area contributed by atoms with Crippen LogP contribution >= 0.6 is 0 Å². The molecule has 0 spiro atoms. The third-order valence-corrected chi connectivity index (χ3v) is 3.56. The number of hydrogen-bond acceptors (Lipinski definition) is 2. The van der Waals surface area contributed by atoms with Crippen LogP contribution in [0.1, 0.15) is 46.5 Å². The zero-order valence-corrected chi connectivity index (χ0v) is 11.2. The van der Waals surface area contributed by atoms with E-state index in [1.165, 1.54) is 0 Å². The minimum Gasteiger partial charge on any atom is -0.390 e. The van der Waals surface area contributed by atoms with Crippen LogP contribution in [-0.4, -0.2) is 16.5 Å². The molecule has 0 aromatic heterocycles. The molecule has 0 bridgehead atoms. The summed E-state index contributed by atoms with van der Waals surface area (Å²) >= 11 is 0. The normalized spacial score (nSPS) is 28.2. The molecule has 1 aliphatic rings. The molecule has 96 valence electrons. The van der Waals surface area contributed by atoms with Gasteiger partial charge in [-0.1, -0.05) is 25.7 Å². The van der Waals surface area contributed by atoms with Crippen molar-refractivity contribution in [2.45, 2.75) is 52.1 Å². The van der Waals surface area contributed by atoms with E-state index in [1.54, 1.807) is 0 Å². The summed E-state index contributed by atoms with van der Waals surface area (Å²) in [6.07, 6.45) is 7.17. The van der Waals surface area contributed by atoms with Crippen molar-refractivity contribution in [2.75, 3.05) is 0 Å². The number of ketones is 1. The Morgan fingerprint density at radius 2 is 1.94 bits per heavy atom. The fourth-order valence-electron chi connectivity index (χ4n) is 2.11. The van der Waals surface area contributed by atoms with Gasteiger partial charge in [0.1, 0.15) is 0 Å². The van der Waals surface area contributed by atoms with E-state index in [-0.39, 0.29) is 11.7 Å². The highest BCUT2D eigenvalue weighted by atomic mass is 16.3. The predicted octanol–water partition coefficient (Wildman–Crippen LogP) is 3.27. The number of carbonyl (C=O) groups excluding carboxylic acids is 1. The molecule has 17 heavy (non-hydrogen) atoms. The van der Waals surface area contributed by atoms with Crippen LogP contribution in [0.15, 0.2) is 24.3 Å². The molecule has 2 heteroatoms. The van der Waals surface area contributed by atoms with Gasteiger partial charge >= 0.3 is 0 Å². The van der Waals surface area contributed by atoms with Crippen molar-refractivity contribution in [3.8, 4) is 0 Å². The monoisotopic (exact) mass is 236 g/mol. The first-order valence-electron chi connectivity index (χ1n) is 6.42. The van der Waals surface area contributed by atoms with Crippen LogP contribution < -0.4 is 0 Å². The van der Waals surface area contributed by atoms with Crippen molar-refractivity contribution >= 4 is 5.78 Å². The Hall–Kier alpha value is -0.890. The van der Waals surface area contributed by atoms with E-state index in [9.17, 15) is 9.90 Å². The average Bonchev–Trinajstić information content (AvgIpc) is 2.22. The molecule has 0 radical (unpaired) electrons. The third kappa shape index (κ3) is 4.47. The number of Topliss-reactive ketones (excluding diaryl/α,β-unsaturated/α-hetero) is 1. The third-order valence-electron chi connectivity index (χ3n) is 3.56. The molecular weight excluding hydrogens is 212 g/mol. The van der Waals surface area contributed by atoms with Crippen molar-refractivity contribution in [1.82, 2.24) is 0 Å². The number of carbonyl (C=O) groups is 1. The molecule has 0 aromatic carbocycles. The van der Waals surface area contributed by atoms with E-state index >= 15 is 0 Å². The van der Waals surface area contributed by atoms with Gasteiger partial charge in [-0.3, -0.25) is 4.79 Å². The molecule has 0 aromatic rings. The van der Waals surface area contributed by atoms with Crippen molar-refractivity contribution < 1.29 is 9.90 Å². The van der Waals surface area contributed by atoms with Crippen molar-refractivity contribution in [1.29, 1.82) is 0 Å². The Balaban J connectivity index is 2.84. The van der Waals surface area contributed by atoms with E-state index in [1.807, 2.05) is 13.8 Å². The molecule has 1 N–H and O–H groups in total. The van der Waals surface area contributed by atoms with Crippen LogP contribution in [0.25, 0.3) is 0 Å². The molecule has 0 unspecified atom stereocenters. The quantitative estimate of drug-likeness (QED) is 0.560. The smallest absolute Gasteiger partial charge is 0.158 e. The maximum atomic E-state index is 11.7. The molecule has 0 aliphatic heterocycles. The van der Waals surface area contributed by atoms with Gasteiger partial charge in [0.05, 0.1) is 5.60 Å². The van der Waals surface area contributed by atoms with Crippen LogP contribution in [0.5, 0.6) is 0 Å². The van der Waals surface area contributed by atoms with Gasteiger partial charge in [-0.05, 0) is 44.6 Å². The van der Waals surface area contributed by atoms with Gasteiger partial charge in [0.2, 0.25) is 0 Å². The van der Waals surface area contributed by atoms with Crippen LogP contribution in [0.3, 0.4) is 0 Å². The Morgan fingerprint density at radius 3 is 2.53 bits per heavy atom. The summed E-state index contributed by atoms with van der Waals surface area (Å²) in [4.78, 5) is 11.7. The maximum Gasteiger partial charge on any atom is 0.158 e. The Morgan fingerprint density at radius 1 is 1.29 bits per heavy atom. The minimum atomic E-state index is -0.737. The van der Waals surface area contributed by atoms with E-state index in [2.05, 4.69) is 25.7 Å². The fraction of sp³-hybridized carbons (Fsp3) is 0.667. The number of aliphatic hydroxyl groups is 1. The van der Waals surface area contributed by atoms with Gasteiger partial charge in [0.25, 0.3) is 0 Å². The zero-order chi connectivity index (χ0) is 13.1. The summed E-state index contributed by atoms with van der Waals surface area (Å²) < 4.78 is 0. The van der Waals surface area contributed by atoms with Gasteiger partial charge in [0, 0.05) is 12.3 Å². The first-order chi connectivity index (χ1) is 7.80. The van der Waals surface area contributed by atoms with Crippen LogP contribution in [0.2, 0.25) is 0 Å². The molecule has 1 aliphatic carbocycles. The standard InChI is InChI=1S/C15H24O2/c1-11-5-8-13(15(3,4)17)9-7-12(2)14(16)10-6-11/h5,8,11,13,17H,2,6-7,9-10H2,1,3-4H3/t11-,13-/m1/s1. The SMILES string of the molecule is C=C1CC[C@H](C(C)(C)O)C=C[C@@H](C)CCC1=O. The van der Waals surface area contributed by atoms with E-state index in [0.29, 0.717) is 24.3 Å². The molecule has 2 nitrogen and oxygen atoms in total. The summed E-state index contributed by atoms with van der Waals surface area (Å²) in [5.74, 6) is 0.656. The van der Waals surface area contributed by atoms with Crippen molar-refractivity contribution in [3.63, 3.8) is 0 Å². The molecule has 2 atom stereocenters. The van der Waals surface area contributed by atoms with Gasteiger partial charge < -0.3 is 5.11 Å². The lowest BCUT2D eigenvalue weighted by atomic mass is 9.83. The molecule has 0 saturated carbocycles. The minimum absolute atomic E-state index is 0.0904. The van der Waals surface area contributed by atoms with Gasteiger partial charge in [-0.15, -0.1) is 0 Å². The van der Waals surface area contributed by atoms with Crippen molar-refractivity contribution in [2.24, 2.45) is 11.8 Å². The lowest BCUT2D eigenvalue weighted by molar-refractivity contribution is -0.116. The van der Waals surface area contributed by atoms with Crippen LogP contribution in [0, 0.1) is 11.8 Å². The van der Waals surface area contributed by atoms with E-state index in [0.717, 1.165) is 12.8 Å². The summed E-state index contributed by atoms with van der Waals surface area (Å²) in [6.45, 7) is 9.61. The Bertz CT molecular complexity index is 320. The first kappa shape index (κ1) is 14.2. The summed E-state index contributed by atoms with van der Waals surface area (Å²) in [6, 6.07) is 0. The topological polar surface area (TPSA) is 37.3 Å². The maximum absolute atomic E-state index is 11.7. The summed E-state index contributed by atoms with van der Waals surface area (Å²) in [7, 11) is 0. The molecular formula is C15H24O2. The molecule has 0 heterocycles. The highest BCUT2D eigenvalue weighted by Crippen LogP contribution is 2.27. The van der Waals surface area contributed by atoms with Gasteiger partial charge in [-0.2, -0.15) is 0 Å². The zero-order valence-electron chi connectivity index (χ0n) is 11.2. The summed E-state index contributed by atoms with van der Waals surface area (Å²) in [5.41, 5.74) is -0.0274. The Kier molecular flexibility index (Phi) is 4.70. The number of rotatable bonds is 1. The highest BCUT2D eigenvalue weighted by Gasteiger charge is 2.25. The molecule has 0 amide bonds. The highest BCUT2D eigenvalue weighted by molar-refractivity contribution is 5.94. The predicted molar refractivity (Wildman–Crippen MR) is 70.7 cm³/mol. The molecule has 0 saturated heterocycles. The number of hydrogen-bond donors (Lipinski definition) is 1. The van der Waals surface area contributed by atoms with E-state index < -0.39 is 5.60 Å². The lowest BCUT2D eigenvalue weighted by Gasteiger charge is -2.28. The lowest BCUT2D eigenvalue weighted by Crippen LogP contribution is -2.30. The second-order valence-electron chi connectivity index (χ2n) is 5.73. The first-order valence-corrected chi connectivity index (χ1v) is 6.42. The summed E-state index contributed by atoms with van der Waals surface area (Å²) in [5, 5.41) is 10.1. The van der Waals surface area contributed by atoms with Crippen molar-refractivity contribution in [3.05, 3.63) is 24.3 Å². The molecule has 1 rings (SSSR count). The average molecular weight is 236 g/mol. The fourth-order valence-corrected chi connectivity index (χ4v) is 2.11. The second kappa shape index (κ2) is 5.63. The largest absolute Gasteiger partial charge is 0.390 e.